The average molecular weight is 276 g/mol. The van der Waals surface area contributed by atoms with Crippen LogP contribution in [-0.2, 0) is 12.0 Å². The van der Waals surface area contributed by atoms with Crippen LogP contribution >= 0.6 is 11.3 Å². The zero-order chi connectivity index (χ0) is 14.0. The van der Waals surface area contributed by atoms with Crippen molar-refractivity contribution in [1.29, 1.82) is 0 Å². The van der Waals surface area contributed by atoms with Gasteiger partial charge < -0.3 is 10.5 Å². The van der Waals surface area contributed by atoms with Gasteiger partial charge in [0.2, 0.25) is 0 Å². The maximum Gasteiger partial charge on any atom is 0.118 e. The largest absolute Gasteiger partial charge is 0.497 e. The summed E-state index contributed by atoms with van der Waals surface area (Å²) in [5.74, 6) is 0.864. The second kappa shape index (κ2) is 5.31. The maximum absolute atomic E-state index is 6.44. The molecule has 1 atom stereocenters. The molecule has 0 bridgehead atoms. The lowest BCUT2D eigenvalue weighted by molar-refractivity contribution is 0.414. The molecule has 0 spiro atoms. The highest BCUT2D eigenvalue weighted by Gasteiger charge is 2.26. The highest BCUT2D eigenvalue weighted by Crippen LogP contribution is 2.29. The second-order valence-electron chi connectivity index (χ2n) is 5.10. The number of hydrogen-bond donors (Lipinski definition) is 1. The van der Waals surface area contributed by atoms with Crippen molar-refractivity contribution >= 4 is 11.3 Å². The van der Waals surface area contributed by atoms with Crippen LogP contribution in [0, 0.1) is 13.8 Å². The van der Waals surface area contributed by atoms with Crippen molar-refractivity contribution < 1.29 is 4.74 Å². The zero-order valence-electron chi connectivity index (χ0n) is 11.9. The number of methoxy groups -OCH3 is 1. The predicted molar refractivity (Wildman–Crippen MR) is 79.8 cm³/mol. The Labute approximate surface area is 118 Å². The Kier molecular flexibility index (Phi) is 3.92. The van der Waals surface area contributed by atoms with Gasteiger partial charge in [-0.2, -0.15) is 0 Å². The highest BCUT2D eigenvalue weighted by atomic mass is 32.1. The van der Waals surface area contributed by atoms with Gasteiger partial charge in [0.15, 0.2) is 0 Å². The molecule has 0 radical (unpaired) electrons. The van der Waals surface area contributed by atoms with Crippen molar-refractivity contribution in [2.75, 3.05) is 7.11 Å². The molecule has 2 aromatic rings. The fraction of sp³-hybridized carbons (Fsp3) is 0.400. The molecule has 0 fully saturated rings. The number of benzene rings is 1. The SMILES string of the molecule is COc1ccc(CC(C)(N)c2nc(C)c(C)s2)cc1. The van der Waals surface area contributed by atoms with Gasteiger partial charge in [0.1, 0.15) is 10.8 Å². The van der Waals surface area contributed by atoms with E-state index >= 15 is 0 Å². The molecule has 0 amide bonds. The minimum absolute atomic E-state index is 0.432. The summed E-state index contributed by atoms with van der Waals surface area (Å²) in [5.41, 5.74) is 8.27. The van der Waals surface area contributed by atoms with Gasteiger partial charge in [-0.05, 0) is 44.9 Å². The van der Waals surface area contributed by atoms with Crippen molar-refractivity contribution in [3.8, 4) is 5.75 Å². The van der Waals surface area contributed by atoms with E-state index in [2.05, 4.69) is 24.0 Å². The molecule has 0 aliphatic rings. The van der Waals surface area contributed by atoms with Crippen LogP contribution in [0.3, 0.4) is 0 Å². The summed E-state index contributed by atoms with van der Waals surface area (Å²) in [6.07, 6.45) is 0.767. The third kappa shape index (κ3) is 3.14. The summed E-state index contributed by atoms with van der Waals surface area (Å²) in [4.78, 5) is 5.82. The van der Waals surface area contributed by atoms with Gasteiger partial charge in [-0.15, -0.1) is 11.3 Å². The molecule has 0 saturated carbocycles. The number of ether oxygens (including phenoxy) is 1. The molecule has 1 heterocycles. The minimum atomic E-state index is -0.432. The first kappa shape index (κ1) is 14.0. The van der Waals surface area contributed by atoms with Crippen molar-refractivity contribution in [1.82, 2.24) is 4.98 Å². The first-order valence-electron chi connectivity index (χ1n) is 6.28. The van der Waals surface area contributed by atoms with Crippen LogP contribution in [0.1, 0.15) is 28.1 Å². The Bertz CT molecular complexity index is 539. The molecule has 0 aliphatic carbocycles. The standard InChI is InChI=1S/C15H20N2OS/c1-10-11(2)19-14(17-10)15(3,16)9-12-5-7-13(18-4)8-6-12/h5-8H,9,16H2,1-4H3. The first-order valence-corrected chi connectivity index (χ1v) is 7.10. The molecule has 19 heavy (non-hydrogen) atoms. The summed E-state index contributed by atoms with van der Waals surface area (Å²) in [6.45, 7) is 6.15. The van der Waals surface area contributed by atoms with Gasteiger partial charge in [0.25, 0.3) is 0 Å². The van der Waals surface area contributed by atoms with Crippen LogP contribution in [0.15, 0.2) is 24.3 Å². The Balaban J connectivity index is 2.19. The number of thiazole rings is 1. The smallest absolute Gasteiger partial charge is 0.118 e. The van der Waals surface area contributed by atoms with Gasteiger partial charge >= 0.3 is 0 Å². The van der Waals surface area contributed by atoms with Gasteiger partial charge in [0, 0.05) is 4.88 Å². The van der Waals surface area contributed by atoms with E-state index < -0.39 is 5.54 Å². The van der Waals surface area contributed by atoms with Crippen molar-refractivity contribution in [3.63, 3.8) is 0 Å². The molecule has 1 unspecified atom stereocenters. The predicted octanol–water partition coefficient (Wildman–Crippen LogP) is 3.19. The molecule has 1 aromatic carbocycles. The molecule has 0 saturated heterocycles. The van der Waals surface area contributed by atoms with Crippen molar-refractivity contribution in [2.24, 2.45) is 5.73 Å². The third-order valence-electron chi connectivity index (χ3n) is 3.25. The van der Waals surface area contributed by atoms with E-state index in [0.717, 1.165) is 22.9 Å². The molecule has 102 valence electrons. The lowest BCUT2D eigenvalue weighted by Gasteiger charge is -2.22. The zero-order valence-corrected chi connectivity index (χ0v) is 12.7. The van der Waals surface area contributed by atoms with E-state index in [9.17, 15) is 0 Å². The van der Waals surface area contributed by atoms with E-state index in [1.165, 1.54) is 10.4 Å². The van der Waals surface area contributed by atoms with Gasteiger partial charge in [-0.3, -0.25) is 0 Å². The summed E-state index contributed by atoms with van der Waals surface area (Å²) < 4.78 is 5.16. The van der Waals surface area contributed by atoms with Crippen LogP contribution in [0.5, 0.6) is 5.75 Å². The molecule has 3 nitrogen and oxygen atoms in total. The number of nitrogens with zero attached hydrogens (tertiary/aromatic N) is 1. The Morgan fingerprint density at radius 3 is 2.37 bits per heavy atom. The van der Waals surface area contributed by atoms with Crippen LogP contribution in [0.4, 0.5) is 0 Å². The summed E-state index contributed by atoms with van der Waals surface area (Å²) in [5, 5.41) is 0.998. The minimum Gasteiger partial charge on any atom is -0.497 e. The Morgan fingerprint density at radius 1 is 1.26 bits per heavy atom. The molecular weight excluding hydrogens is 256 g/mol. The fourth-order valence-electron chi connectivity index (χ4n) is 1.96. The summed E-state index contributed by atoms with van der Waals surface area (Å²) >= 11 is 1.69. The maximum atomic E-state index is 6.44. The van der Waals surface area contributed by atoms with E-state index in [1.807, 2.05) is 26.0 Å². The average Bonchev–Trinajstić information content (AvgIpc) is 2.71. The molecular formula is C15H20N2OS. The van der Waals surface area contributed by atoms with Gasteiger partial charge in [0.05, 0.1) is 18.3 Å². The van der Waals surface area contributed by atoms with Crippen LogP contribution in [-0.4, -0.2) is 12.1 Å². The van der Waals surface area contributed by atoms with Crippen LogP contribution < -0.4 is 10.5 Å². The van der Waals surface area contributed by atoms with Crippen molar-refractivity contribution in [3.05, 3.63) is 45.4 Å². The van der Waals surface area contributed by atoms with Crippen LogP contribution in [0.2, 0.25) is 0 Å². The quantitative estimate of drug-likeness (QED) is 0.933. The summed E-state index contributed by atoms with van der Waals surface area (Å²) in [7, 11) is 1.67. The van der Waals surface area contributed by atoms with Gasteiger partial charge in [-0.1, -0.05) is 12.1 Å². The van der Waals surface area contributed by atoms with E-state index in [-0.39, 0.29) is 0 Å². The third-order valence-corrected chi connectivity index (χ3v) is 4.60. The second-order valence-corrected chi connectivity index (χ2v) is 6.31. The fourth-order valence-corrected chi connectivity index (χ4v) is 2.93. The normalized spacial score (nSPS) is 14.2. The van der Waals surface area contributed by atoms with E-state index in [4.69, 9.17) is 10.5 Å². The number of hydrogen-bond acceptors (Lipinski definition) is 4. The number of aromatic nitrogens is 1. The number of aryl methyl sites for hydroxylation is 2. The Morgan fingerprint density at radius 2 is 1.89 bits per heavy atom. The van der Waals surface area contributed by atoms with E-state index in [0.29, 0.717) is 0 Å². The van der Waals surface area contributed by atoms with Crippen molar-refractivity contribution in [2.45, 2.75) is 32.7 Å². The number of nitrogens with two attached hydrogens (primary N) is 1. The molecule has 2 rings (SSSR count). The summed E-state index contributed by atoms with van der Waals surface area (Å²) in [6, 6.07) is 8.03. The highest BCUT2D eigenvalue weighted by molar-refractivity contribution is 7.11. The van der Waals surface area contributed by atoms with E-state index in [1.54, 1.807) is 18.4 Å². The van der Waals surface area contributed by atoms with Gasteiger partial charge in [-0.25, -0.2) is 4.98 Å². The number of rotatable bonds is 4. The monoisotopic (exact) mass is 276 g/mol. The molecule has 4 heteroatoms. The topological polar surface area (TPSA) is 48.1 Å². The molecule has 0 aliphatic heterocycles. The Hall–Kier alpha value is -1.39. The van der Waals surface area contributed by atoms with Crippen LogP contribution in [0.25, 0.3) is 0 Å². The lowest BCUT2D eigenvalue weighted by atomic mass is 9.94. The molecule has 1 aromatic heterocycles. The molecule has 2 N–H and O–H groups in total. The lowest BCUT2D eigenvalue weighted by Crippen LogP contribution is -2.35. The first-order chi connectivity index (χ1) is 8.92.